The Kier molecular flexibility index (Phi) is 7.84. The molecule has 1 saturated heterocycles. The van der Waals surface area contributed by atoms with E-state index in [1.54, 1.807) is 31.1 Å². The highest BCUT2D eigenvalue weighted by atomic mass is 32.2. The summed E-state index contributed by atoms with van der Waals surface area (Å²) in [4.78, 5) is 26.9. The lowest BCUT2D eigenvalue weighted by Gasteiger charge is -2.26. The Morgan fingerprint density at radius 1 is 1.15 bits per heavy atom. The molecule has 0 atom stereocenters. The number of nitrogens with one attached hydrogen (secondary N) is 2. The smallest absolute Gasteiger partial charge is 0.269 e. The monoisotopic (exact) mass is 477 g/mol. The van der Waals surface area contributed by atoms with Crippen LogP contribution in [0.4, 0.5) is 17.1 Å². The third-order valence-electron chi connectivity index (χ3n) is 5.15. The number of morpholine rings is 1. The standard InChI is InChI=1S/C21H27N5O6S/c1-24(2)20-8-3-16(23-33(30,31)18-6-4-17(5-7-18)26(28)29)15-19(20)21(27)22-9-10-25-11-13-32-14-12-25/h3-8,15,23H,9-14H2,1-2H3,(H,22,27). The van der Waals surface area contributed by atoms with Gasteiger partial charge in [0.15, 0.2) is 0 Å². The fourth-order valence-corrected chi connectivity index (χ4v) is 4.43. The fourth-order valence-electron chi connectivity index (χ4n) is 3.38. The molecule has 0 saturated carbocycles. The minimum atomic E-state index is -4.00. The number of carbonyl (C=O) groups excluding carboxylic acids is 1. The minimum absolute atomic E-state index is 0.124. The lowest BCUT2D eigenvalue weighted by atomic mass is 10.1. The normalized spacial score (nSPS) is 14.5. The number of hydrogen-bond acceptors (Lipinski definition) is 8. The largest absolute Gasteiger partial charge is 0.379 e. The van der Waals surface area contributed by atoms with Crippen molar-refractivity contribution < 1.29 is 22.9 Å². The summed E-state index contributed by atoms with van der Waals surface area (Å²) in [7, 11) is -0.415. The Balaban J connectivity index is 1.74. The molecule has 1 aliphatic rings. The molecule has 1 heterocycles. The first-order valence-electron chi connectivity index (χ1n) is 10.3. The SMILES string of the molecule is CN(C)c1ccc(NS(=O)(=O)c2ccc([N+](=O)[O-])cc2)cc1C(=O)NCCN1CCOCC1. The third kappa shape index (κ3) is 6.40. The molecule has 0 radical (unpaired) electrons. The van der Waals surface area contributed by atoms with Crippen molar-refractivity contribution >= 4 is 33.0 Å². The second-order valence-corrected chi connectivity index (χ2v) is 9.38. The van der Waals surface area contributed by atoms with E-state index in [4.69, 9.17) is 4.74 Å². The van der Waals surface area contributed by atoms with Gasteiger partial charge in [-0.25, -0.2) is 8.42 Å². The van der Waals surface area contributed by atoms with Crippen molar-refractivity contribution in [1.82, 2.24) is 10.2 Å². The molecule has 11 nitrogen and oxygen atoms in total. The number of amides is 1. The summed E-state index contributed by atoms with van der Waals surface area (Å²) in [6, 6.07) is 9.26. The van der Waals surface area contributed by atoms with Gasteiger partial charge < -0.3 is 15.0 Å². The van der Waals surface area contributed by atoms with Crippen LogP contribution in [0.5, 0.6) is 0 Å². The summed E-state index contributed by atoms with van der Waals surface area (Å²) in [5, 5.41) is 13.7. The summed E-state index contributed by atoms with van der Waals surface area (Å²) < 4.78 is 33.2. The van der Waals surface area contributed by atoms with E-state index in [1.165, 1.54) is 6.07 Å². The van der Waals surface area contributed by atoms with Crippen LogP contribution in [-0.2, 0) is 14.8 Å². The maximum absolute atomic E-state index is 12.9. The Bertz CT molecular complexity index is 1100. The van der Waals surface area contributed by atoms with Gasteiger partial charge >= 0.3 is 0 Å². The molecule has 2 aromatic rings. The second-order valence-electron chi connectivity index (χ2n) is 7.69. The molecule has 33 heavy (non-hydrogen) atoms. The highest BCUT2D eigenvalue weighted by Crippen LogP contribution is 2.25. The van der Waals surface area contributed by atoms with Gasteiger partial charge in [-0.2, -0.15) is 0 Å². The Labute approximate surface area is 192 Å². The van der Waals surface area contributed by atoms with Crippen molar-refractivity contribution in [3.63, 3.8) is 0 Å². The zero-order valence-corrected chi connectivity index (χ0v) is 19.3. The van der Waals surface area contributed by atoms with Gasteiger partial charge in [0.05, 0.1) is 28.6 Å². The third-order valence-corrected chi connectivity index (χ3v) is 6.55. The van der Waals surface area contributed by atoms with E-state index >= 15 is 0 Å². The molecule has 0 unspecified atom stereocenters. The zero-order valence-electron chi connectivity index (χ0n) is 18.5. The number of nitro benzene ring substituents is 1. The maximum Gasteiger partial charge on any atom is 0.269 e. The lowest BCUT2D eigenvalue weighted by Crippen LogP contribution is -2.41. The molecule has 178 valence electrons. The van der Waals surface area contributed by atoms with Crippen LogP contribution in [0.15, 0.2) is 47.4 Å². The van der Waals surface area contributed by atoms with Crippen molar-refractivity contribution in [3.8, 4) is 0 Å². The van der Waals surface area contributed by atoms with Crippen molar-refractivity contribution in [1.29, 1.82) is 0 Å². The number of benzene rings is 2. The second kappa shape index (κ2) is 10.6. The van der Waals surface area contributed by atoms with E-state index in [2.05, 4.69) is 14.9 Å². The van der Waals surface area contributed by atoms with Crippen LogP contribution in [0.2, 0.25) is 0 Å². The summed E-state index contributed by atoms with van der Waals surface area (Å²) in [5.41, 5.74) is 0.959. The van der Waals surface area contributed by atoms with Gasteiger partial charge in [-0.3, -0.25) is 24.5 Å². The van der Waals surface area contributed by atoms with Gasteiger partial charge in [-0.1, -0.05) is 0 Å². The molecule has 3 rings (SSSR count). The van der Waals surface area contributed by atoms with Crippen LogP contribution >= 0.6 is 0 Å². The molecular formula is C21H27N5O6S. The number of rotatable bonds is 9. The first-order chi connectivity index (χ1) is 15.7. The number of carbonyl (C=O) groups is 1. The molecule has 1 aliphatic heterocycles. The van der Waals surface area contributed by atoms with Gasteiger partial charge in [-0.05, 0) is 30.3 Å². The first kappa shape index (κ1) is 24.4. The van der Waals surface area contributed by atoms with Crippen molar-refractivity contribution in [2.45, 2.75) is 4.90 Å². The summed E-state index contributed by atoms with van der Waals surface area (Å²) in [6.45, 7) is 4.13. The molecule has 1 fully saturated rings. The summed E-state index contributed by atoms with van der Waals surface area (Å²) in [6.07, 6.45) is 0. The average molecular weight is 478 g/mol. The van der Waals surface area contributed by atoms with Gasteiger partial charge in [-0.15, -0.1) is 0 Å². The van der Waals surface area contributed by atoms with Crippen molar-refractivity contribution in [2.75, 3.05) is 63.1 Å². The number of sulfonamides is 1. The van der Waals surface area contributed by atoms with Crippen LogP contribution in [0, 0.1) is 10.1 Å². The van der Waals surface area contributed by atoms with Gasteiger partial charge in [0.25, 0.3) is 21.6 Å². The van der Waals surface area contributed by atoms with Crippen LogP contribution in [-0.4, -0.2) is 77.6 Å². The molecule has 12 heteroatoms. The molecule has 0 aromatic heterocycles. The summed E-state index contributed by atoms with van der Waals surface area (Å²) >= 11 is 0. The predicted molar refractivity (Wildman–Crippen MR) is 124 cm³/mol. The van der Waals surface area contributed by atoms with E-state index in [9.17, 15) is 23.3 Å². The van der Waals surface area contributed by atoms with Crippen molar-refractivity contribution in [2.24, 2.45) is 0 Å². The highest BCUT2D eigenvalue weighted by Gasteiger charge is 2.19. The molecule has 0 aliphatic carbocycles. The summed E-state index contributed by atoms with van der Waals surface area (Å²) in [5.74, 6) is -0.316. The van der Waals surface area contributed by atoms with Crippen LogP contribution in [0.3, 0.4) is 0 Å². The maximum atomic E-state index is 12.9. The molecule has 0 bridgehead atoms. The predicted octanol–water partition coefficient (Wildman–Crippen LogP) is 1.52. The van der Waals surface area contributed by atoms with Crippen LogP contribution in [0.1, 0.15) is 10.4 Å². The lowest BCUT2D eigenvalue weighted by molar-refractivity contribution is -0.384. The van der Waals surface area contributed by atoms with E-state index in [0.29, 0.717) is 37.6 Å². The fraction of sp³-hybridized carbons (Fsp3) is 0.381. The molecule has 0 spiro atoms. The van der Waals surface area contributed by atoms with E-state index < -0.39 is 14.9 Å². The topological polar surface area (TPSA) is 134 Å². The number of non-ortho nitro benzene ring substituents is 1. The number of nitrogens with zero attached hydrogens (tertiary/aromatic N) is 3. The van der Waals surface area contributed by atoms with E-state index in [0.717, 1.165) is 37.4 Å². The number of ether oxygens (including phenoxy) is 1. The number of hydrogen-bond donors (Lipinski definition) is 2. The van der Waals surface area contributed by atoms with E-state index in [-0.39, 0.29) is 22.2 Å². The number of anilines is 2. The van der Waals surface area contributed by atoms with Crippen LogP contribution < -0.4 is 14.9 Å². The molecule has 2 N–H and O–H groups in total. The zero-order chi connectivity index (χ0) is 24.0. The Morgan fingerprint density at radius 2 is 1.82 bits per heavy atom. The average Bonchev–Trinajstić information content (AvgIpc) is 2.79. The minimum Gasteiger partial charge on any atom is -0.379 e. The quantitative estimate of drug-likeness (QED) is 0.410. The van der Waals surface area contributed by atoms with Gasteiger partial charge in [0.1, 0.15) is 0 Å². The van der Waals surface area contributed by atoms with E-state index in [1.807, 2.05) is 0 Å². The molecule has 2 aromatic carbocycles. The van der Waals surface area contributed by atoms with Gasteiger partial charge in [0.2, 0.25) is 0 Å². The molecule has 1 amide bonds. The Hall–Kier alpha value is -3.22. The number of nitro groups is 1. The highest BCUT2D eigenvalue weighted by molar-refractivity contribution is 7.92. The molecular weight excluding hydrogens is 450 g/mol. The first-order valence-corrected chi connectivity index (χ1v) is 11.8. The van der Waals surface area contributed by atoms with Gasteiger partial charge in [0, 0.05) is 63.8 Å². The van der Waals surface area contributed by atoms with Crippen LogP contribution in [0.25, 0.3) is 0 Å². The Morgan fingerprint density at radius 3 is 2.42 bits per heavy atom. The van der Waals surface area contributed by atoms with Crippen molar-refractivity contribution in [3.05, 3.63) is 58.1 Å².